The Labute approximate surface area is 118 Å². The number of rotatable bonds is 3. The van der Waals surface area contributed by atoms with E-state index >= 15 is 0 Å². The Morgan fingerprint density at radius 3 is 2.70 bits per heavy atom. The molecule has 0 aromatic carbocycles. The van der Waals surface area contributed by atoms with Crippen LogP contribution in [0.25, 0.3) is 0 Å². The number of anilines is 1. The molecule has 0 saturated carbocycles. The van der Waals surface area contributed by atoms with Crippen molar-refractivity contribution in [3.63, 3.8) is 0 Å². The zero-order valence-corrected chi connectivity index (χ0v) is 11.3. The van der Waals surface area contributed by atoms with Crippen LogP contribution in [0.4, 0.5) is 5.95 Å². The van der Waals surface area contributed by atoms with Crippen molar-refractivity contribution in [3.05, 3.63) is 34.4 Å². The van der Waals surface area contributed by atoms with E-state index in [0.717, 1.165) is 0 Å². The monoisotopic (exact) mass is 295 g/mol. The van der Waals surface area contributed by atoms with E-state index < -0.39 is 11.9 Å². The number of carboxylic acids is 1. The molecule has 0 aliphatic rings. The van der Waals surface area contributed by atoms with E-state index in [1.54, 1.807) is 6.92 Å². The maximum atomic E-state index is 12.0. The normalized spacial score (nSPS) is 10.3. The van der Waals surface area contributed by atoms with Gasteiger partial charge in [0, 0.05) is 18.9 Å². The van der Waals surface area contributed by atoms with Gasteiger partial charge >= 0.3 is 5.97 Å². The van der Waals surface area contributed by atoms with E-state index in [9.17, 15) is 9.59 Å². The number of aryl methyl sites for hydroxylation is 2. The fourth-order valence-electron chi connectivity index (χ4n) is 1.56. The predicted octanol–water partition coefficient (Wildman–Crippen LogP) is 1.12. The summed E-state index contributed by atoms with van der Waals surface area (Å²) in [7, 11) is 1.52. The molecule has 1 amide bonds. The van der Waals surface area contributed by atoms with Crippen LogP contribution in [0.5, 0.6) is 0 Å². The number of nitrogens with zero attached hydrogens (tertiary/aromatic N) is 4. The first kappa shape index (κ1) is 13.9. The molecule has 2 aromatic rings. The van der Waals surface area contributed by atoms with Crippen LogP contribution in [-0.4, -0.2) is 36.7 Å². The highest BCUT2D eigenvalue weighted by molar-refractivity contribution is 6.29. The first-order chi connectivity index (χ1) is 9.36. The molecule has 0 aliphatic heterocycles. The fraction of sp³-hybridized carbons (Fsp3) is 0.182. The average molecular weight is 296 g/mol. The number of amides is 1. The molecule has 20 heavy (non-hydrogen) atoms. The number of hydrogen-bond donors (Lipinski definition) is 2. The maximum absolute atomic E-state index is 12.0. The molecule has 0 bridgehead atoms. The van der Waals surface area contributed by atoms with Crippen molar-refractivity contribution in [1.29, 1.82) is 0 Å². The fourth-order valence-corrected chi connectivity index (χ4v) is 1.80. The predicted molar refractivity (Wildman–Crippen MR) is 69.9 cm³/mol. The third-order valence-electron chi connectivity index (χ3n) is 2.32. The molecule has 2 aromatic heterocycles. The van der Waals surface area contributed by atoms with E-state index in [4.69, 9.17) is 16.7 Å². The highest BCUT2D eigenvalue weighted by Crippen LogP contribution is 2.12. The van der Waals surface area contributed by atoms with Crippen molar-refractivity contribution < 1.29 is 14.7 Å². The summed E-state index contributed by atoms with van der Waals surface area (Å²) in [6.45, 7) is 1.69. The maximum Gasteiger partial charge on any atom is 0.339 e. The second kappa shape index (κ2) is 5.25. The van der Waals surface area contributed by atoms with Crippen LogP contribution in [0.1, 0.15) is 26.5 Å². The lowest BCUT2D eigenvalue weighted by Crippen LogP contribution is -2.18. The van der Waals surface area contributed by atoms with Gasteiger partial charge in [-0.15, -0.1) is 0 Å². The molecule has 0 saturated heterocycles. The summed E-state index contributed by atoms with van der Waals surface area (Å²) in [4.78, 5) is 30.8. The standard InChI is InChI=1S/C11H10ClN5O3/c1-5-3-7(12)14-11(13-5)15-9(18)8-6(10(19)20)4-17(2)16-8/h3-4H,1-2H3,(H,19,20)(H,13,14,15,18). The Hall–Kier alpha value is -2.48. The molecule has 2 heterocycles. The molecule has 2 rings (SSSR count). The number of aromatic carboxylic acids is 1. The number of hydrogen-bond acceptors (Lipinski definition) is 5. The number of nitrogens with one attached hydrogen (secondary N) is 1. The Kier molecular flexibility index (Phi) is 3.66. The van der Waals surface area contributed by atoms with Crippen molar-refractivity contribution in [2.75, 3.05) is 5.32 Å². The summed E-state index contributed by atoms with van der Waals surface area (Å²) in [5.41, 5.74) is 0.143. The lowest BCUT2D eigenvalue weighted by Gasteiger charge is -2.03. The minimum atomic E-state index is -1.24. The molecular weight excluding hydrogens is 286 g/mol. The molecule has 0 radical (unpaired) electrons. The summed E-state index contributed by atoms with van der Waals surface area (Å²) in [5, 5.41) is 15.3. The van der Waals surface area contributed by atoms with Crippen molar-refractivity contribution >= 4 is 29.4 Å². The first-order valence-electron chi connectivity index (χ1n) is 5.46. The van der Waals surface area contributed by atoms with Gasteiger partial charge in [0.2, 0.25) is 5.95 Å². The van der Waals surface area contributed by atoms with Gasteiger partial charge in [0.1, 0.15) is 10.7 Å². The molecular formula is C11H10ClN5O3. The molecule has 0 unspecified atom stereocenters. The van der Waals surface area contributed by atoms with Crippen LogP contribution in [0, 0.1) is 6.92 Å². The molecule has 0 atom stereocenters. The highest BCUT2D eigenvalue weighted by Gasteiger charge is 2.21. The summed E-state index contributed by atoms with van der Waals surface area (Å²) in [5.74, 6) is -1.97. The largest absolute Gasteiger partial charge is 0.478 e. The van der Waals surface area contributed by atoms with Gasteiger partial charge in [0.05, 0.1) is 0 Å². The number of carbonyl (C=O) groups is 2. The van der Waals surface area contributed by atoms with Crippen LogP contribution in [0.2, 0.25) is 5.15 Å². The van der Waals surface area contributed by atoms with Gasteiger partial charge in [-0.25, -0.2) is 14.8 Å². The zero-order valence-electron chi connectivity index (χ0n) is 10.6. The van der Waals surface area contributed by atoms with Crippen molar-refractivity contribution in [2.45, 2.75) is 6.92 Å². The second-order valence-corrected chi connectivity index (χ2v) is 4.37. The van der Waals surface area contributed by atoms with Gasteiger partial charge in [-0.1, -0.05) is 11.6 Å². The number of carbonyl (C=O) groups excluding carboxylic acids is 1. The number of halogens is 1. The summed E-state index contributed by atoms with van der Waals surface area (Å²) in [6, 6.07) is 1.53. The smallest absolute Gasteiger partial charge is 0.339 e. The summed E-state index contributed by atoms with van der Waals surface area (Å²) in [6.07, 6.45) is 1.24. The van der Waals surface area contributed by atoms with E-state index in [1.807, 2.05) is 0 Å². The number of aromatic nitrogens is 4. The van der Waals surface area contributed by atoms with Gasteiger partial charge in [0.15, 0.2) is 5.69 Å². The van der Waals surface area contributed by atoms with E-state index in [2.05, 4.69) is 20.4 Å². The highest BCUT2D eigenvalue weighted by atomic mass is 35.5. The SMILES string of the molecule is Cc1cc(Cl)nc(NC(=O)c2nn(C)cc2C(=O)O)n1. The zero-order chi connectivity index (χ0) is 14.9. The summed E-state index contributed by atoms with van der Waals surface area (Å²) >= 11 is 5.75. The van der Waals surface area contributed by atoms with Crippen molar-refractivity contribution in [2.24, 2.45) is 7.05 Å². The Morgan fingerprint density at radius 2 is 2.10 bits per heavy atom. The minimum absolute atomic E-state index is 0.0120. The lowest BCUT2D eigenvalue weighted by molar-refractivity contribution is 0.0692. The van der Waals surface area contributed by atoms with E-state index in [-0.39, 0.29) is 22.4 Å². The minimum Gasteiger partial charge on any atom is -0.478 e. The van der Waals surface area contributed by atoms with Gasteiger partial charge in [-0.3, -0.25) is 14.8 Å². The average Bonchev–Trinajstić information content (AvgIpc) is 2.70. The van der Waals surface area contributed by atoms with Crippen molar-refractivity contribution in [3.8, 4) is 0 Å². The third-order valence-corrected chi connectivity index (χ3v) is 2.52. The van der Waals surface area contributed by atoms with Crippen LogP contribution in [0.3, 0.4) is 0 Å². The van der Waals surface area contributed by atoms with Crippen LogP contribution in [0.15, 0.2) is 12.3 Å². The third kappa shape index (κ3) is 2.91. The Bertz CT molecular complexity index is 677. The van der Waals surface area contributed by atoms with Crippen LogP contribution in [-0.2, 0) is 7.05 Å². The first-order valence-corrected chi connectivity index (χ1v) is 5.84. The molecule has 8 nitrogen and oxygen atoms in total. The van der Waals surface area contributed by atoms with Gasteiger partial charge in [0.25, 0.3) is 5.91 Å². The second-order valence-electron chi connectivity index (χ2n) is 3.98. The molecule has 9 heteroatoms. The molecule has 104 valence electrons. The number of carboxylic acid groups (broad SMARTS) is 1. The quantitative estimate of drug-likeness (QED) is 0.821. The van der Waals surface area contributed by atoms with E-state index in [1.165, 1.54) is 24.0 Å². The molecule has 2 N–H and O–H groups in total. The Morgan fingerprint density at radius 1 is 1.40 bits per heavy atom. The lowest BCUT2D eigenvalue weighted by atomic mass is 10.2. The van der Waals surface area contributed by atoms with Gasteiger partial charge in [-0.05, 0) is 13.0 Å². The van der Waals surface area contributed by atoms with Gasteiger partial charge in [-0.2, -0.15) is 5.10 Å². The van der Waals surface area contributed by atoms with Crippen LogP contribution < -0.4 is 5.32 Å². The van der Waals surface area contributed by atoms with Gasteiger partial charge < -0.3 is 5.11 Å². The Balaban J connectivity index is 2.30. The van der Waals surface area contributed by atoms with Crippen LogP contribution >= 0.6 is 11.6 Å². The van der Waals surface area contributed by atoms with E-state index in [0.29, 0.717) is 5.69 Å². The summed E-state index contributed by atoms with van der Waals surface area (Å²) < 4.78 is 1.24. The molecule has 0 aliphatic carbocycles. The van der Waals surface area contributed by atoms with Crippen molar-refractivity contribution in [1.82, 2.24) is 19.7 Å². The topological polar surface area (TPSA) is 110 Å². The molecule has 0 fully saturated rings. The molecule has 0 spiro atoms.